The topological polar surface area (TPSA) is 66.9 Å². The summed E-state index contributed by atoms with van der Waals surface area (Å²) in [6.45, 7) is 4.80. The van der Waals surface area contributed by atoms with Crippen LogP contribution in [0.5, 0.6) is 0 Å². The Morgan fingerprint density at radius 1 is 1.19 bits per heavy atom. The largest absolute Gasteiger partial charge is 0.349 e. The van der Waals surface area contributed by atoms with E-state index in [1.807, 2.05) is 12.1 Å². The van der Waals surface area contributed by atoms with E-state index in [-0.39, 0.29) is 17.5 Å². The van der Waals surface area contributed by atoms with Crippen LogP contribution in [0, 0.1) is 16.6 Å². The lowest BCUT2D eigenvalue weighted by molar-refractivity contribution is 0.0891. The van der Waals surface area contributed by atoms with Crippen LogP contribution in [0.1, 0.15) is 49.0 Å². The lowest BCUT2D eigenvalue weighted by atomic mass is 9.78. The van der Waals surface area contributed by atoms with Gasteiger partial charge in [-0.3, -0.25) is 14.2 Å². The van der Waals surface area contributed by atoms with Crippen molar-refractivity contribution in [2.75, 3.05) is 0 Å². The molecule has 5 nitrogen and oxygen atoms in total. The number of fused-ring (bicyclic) bond motifs is 1. The van der Waals surface area contributed by atoms with Gasteiger partial charge in [0.15, 0.2) is 4.77 Å². The average Bonchev–Trinajstić information content (AvgIpc) is 2.75. The molecule has 0 aliphatic heterocycles. The van der Waals surface area contributed by atoms with Crippen molar-refractivity contribution in [2.45, 2.75) is 45.7 Å². The third-order valence-corrected chi connectivity index (χ3v) is 7.10. The summed E-state index contributed by atoms with van der Waals surface area (Å²) in [6, 6.07) is 12.6. The number of aromatic nitrogens is 2. The number of H-pyrrole nitrogens is 1. The molecule has 1 amide bonds. The van der Waals surface area contributed by atoms with E-state index in [2.05, 4.69) is 24.1 Å². The summed E-state index contributed by atoms with van der Waals surface area (Å²) in [6.07, 6.45) is 3.35. The minimum Gasteiger partial charge on any atom is -0.349 e. The molecule has 3 atom stereocenters. The smallest absolute Gasteiger partial charge is 0.262 e. The first-order valence-corrected chi connectivity index (χ1v) is 11.4. The summed E-state index contributed by atoms with van der Waals surface area (Å²) in [4.78, 5) is 29.0. The molecule has 1 aromatic heterocycles. The van der Waals surface area contributed by atoms with Crippen LogP contribution >= 0.6 is 23.8 Å². The Labute approximate surface area is 191 Å². The number of carbonyl (C=O) groups is 1. The zero-order chi connectivity index (χ0) is 22.1. The van der Waals surface area contributed by atoms with Crippen molar-refractivity contribution in [1.29, 1.82) is 0 Å². The summed E-state index contributed by atoms with van der Waals surface area (Å²) in [5.41, 5.74) is 1.84. The molecule has 1 aliphatic rings. The van der Waals surface area contributed by atoms with Gasteiger partial charge in [-0.25, -0.2) is 0 Å². The Balaban J connectivity index is 1.61. The number of nitrogens with zero attached hydrogens (tertiary/aromatic N) is 1. The van der Waals surface area contributed by atoms with Gasteiger partial charge < -0.3 is 10.3 Å². The summed E-state index contributed by atoms with van der Waals surface area (Å²) in [5.74, 6) is 0.937. The number of amides is 1. The summed E-state index contributed by atoms with van der Waals surface area (Å²) in [5, 5.41) is 4.33. The number of benzene rings is 2. The maximum atomic E-state index is 13.0. The predicted molar refractivity (Wildman–Crippen MR) is 127 cm³/mol. The Kier molecular flexibility index (Phi) is 6.30. The standard InChI is InChI=1S/C24H26ClN3O2S/c1-14-4-3-5-20(15(14)2)26-22(29)17-8-11-19-21(12-17)27-24(31)28(23(19)30)13-16-6-9-18(25)10-7-16/h6-12,14-15,20H,3-5,13H2,1-2H3,(H,26,29)(H,27,31)/t14-,15+,20+/m1/s1. The van der Waals surface area contributed by atoms with E-state index in [9.17, 15) is 9.59 Å². The van der Waals surface area contributed by atoms with Gasteiger partial charge in [0.2, 0.25) is 0 Å². The zero-order valence-corrected chi connectivity index (χ0v) is 19.2. The van der Waals surface area contributed by atoms with E-state index in [1.165, 1.54) is 11.0 Å². The maximum Gasteiger partial charge on any atom is 0.262 e. The molecule has 31 heavy (non-hydrogen) atoms. The van der Waals surface area contributed by atoms with E-state index in [0.717, 1.165) is 18.4 Å². The minimum absolute atomic E-state index is 0.113. The lowest BCUT2D eigenvalue weighted by Gasteiger charge is -2.34. The molecule has 7 heteroatoms. The van der Waals surface area contributed by atoms with Gasteiger partial charge in [-0.15, -0.1) is 0 Å². The SMILES string of the molecule is C[C@H]1[C@H](C)CCC[C@@H]1NC(=O)c1ccc2c(=O)n(Cc3ccc(Cl)cc3)c(=S)[nH]c2c1. The number of carbonyl (C=O) groups excluding carboxylic acids is 1. The molecule has 4 rings (SSSR count). The molecular formula is C24H26ClN3O2S. The second-order valence-corrected chi connectivity index (χ2v) is 9.38. The van der Waals surface area contributed by atoms with Gasteiger partial charge in [0.05, 0.1) is 17.4 Å². The summed E-state index contributed by atoms with van der Waals surface area (Å²) >= 11 is 11.4. The molecule has 1 aliphatic carbocycles. The molecule has 3 aromatic rings. The van der Waals surface area contributed by atoms with Crippen molar-refractivity contribution in [3.8, 4) is 0 Å². The van der Waals surface area contributed by atoms with Crippen LogP contribution in [0.25, 0.3) is 10.9 Å². The first-order chi connectivity index (χ1) is 14.8. The fourth-order valence-corrected chi connectivity index (χ4v) is 4.73. The highest BCUT2D eigenvalue weighted by atomic mass is 35.5. The molecule has 1 saturated carbocycles. The first kappa shape index (κ1) is 21.8. The molecule has 0 unspecified atom stereocenters. The lowest BCUT2D eigenvalue weighted by Crippen LogP contribution is -2.43. The van der Waals surface area contributed by atoms with Gasteiger partial charge in [0.1, 0.15) is 0 Å². The van der Waals surface area contributed by atoms with Crippen LogP contribution in [-0.2, 0) is 6.54 Å². The Morgan fingerprint density at radius 2 is 1.94 bits per heavy atom. The Morgan fingerprint density at radius 3 is 2.68 bits per heavy atom. The second-order valence-electron chi connectivity index (χ2n) is 8.56. The fourth-order valence-electron chi connectivity index (χ4n) is 4.35. The second kappa shape index (κ2) is 8.97. The van der Waals surface area contributed by atoms with Crippen LogP contribution < -0.4 is 10.9 Å². The molecule has 0 radical (unpaired) electrons. The Bertz CT molecular complexity index is 1230. The number of nitrogens with one attached hydrogen (secondary N) is 2. The molecule has 162 valence electrons. The van der Waals surface area contributed by atoms with Gasteiger partial charge >= 0.3 is 0 Å². The summed E-state index contributed by atoms with van der Waals surface area (Å²) < 4.78 is 1.84. The van der Waals surface area contributed by atoms with Crippen LogP contribution in [0.2, 0.25) is 5.02 Å². The van der Waals surface area contributed by atoms with Gasteiger partial charge in [-0.05, 0) is 66.4 Å². The van der Waals surface area contributed by atoms with E-state index in [4.69, 9.17) is 23.8 Å². The van der Waals surface area contributed by atoms with Crippen molar-refractivity contribution >= 4 is 40.6 Å². The van der Waals surface area contributed by atoms with E-state index in [0.29, 0.717) is 44.6 Å². The molecule has 0 spiro atoms. The van der Waals surface area contributed by atoms with Crippen molar-refractivity contribution < 1.29 is 4.79 Å². The van der Waals surface area contributed by atoms with Crippen molar-refractivity contribution in [1.82, 2.24) is 14.9 Å². The maximum absolute atomic E-state index is 13.0. The molecule has 2 N–H and O–H groups in total. The highest BCUT2D eigenvalue weighted by molar-refractivity contribution is 7.71. The van der Waals surface area contributed by atoms with Crippen LogP contribution in [-0.4, -0.2) is 21.5 Å². The number of rotatable bonds is 4. The van der Waals surface area contributed by atoms with Crippen LogP contribution in [0.3, 0.4) is 0 Å². The first-order valence-electron chi connectivity index (χ1n) is 10.7. The molecule has 1 heterocycles. The van der Waals surface area contributed by atoms with Crippen LogP contribution in [0.15, 0.2) is 47.3 Å². The van der Waals surface area contributed by atoms with Crippen molar-refractivity contribution in [3.05, 3.63) is 73.7 Å². The Hall–Kier alpha value is -2.44. The number of halogens is 1. The van der Waals surface area contributed by atoms with Crippen LogP contribution in [0.4, 0.5) is 0 Å². The minimum atomic E-state index is -0.185. The van der Waals surface area contributed by atoms with E-state index in [1.54, 1.807) is 30.3 Å². The van der Waals surface area contributed by atoms with Gasteiger partial charge in [-0.1, -0.05) is 50.4 Å². The number of aromatic amines is 1. The normalized spacial score (nSPS) is 21.2. The number of hydrogen-bond donors (Lipinski definition) is 2. The highest BCUT2D eigenvalue weighted by Crippen LogP contribution is 2.29. The molecule has 0 bridgehead atoms. The van der Waals surface area contributed by atoms with Gasteiger partial charge in [0.25, 0.3) is 11.5 Å². The molecule has 2 aromatic carbocycles. The monoisotopic (exact) mass is 455 g/mol. The molecular weight excluding hydrogens is 430 g/mol. The highest BCUT2D eigenvalue weighted by Gasteiger charge is 2.28. The fraction of sp³-hybridized carbons (Fsp3) is 0.375. The van der Waals surface area contributed by atoms with E-state index >= 15 is 0 Å². The van der Waals surface area contributed by atoms with E-state index < -0.39 is 0 Å². The van der Waals surface area contributed by atoms with Crippen molar-refractivity contribution in [3.63, 3.8) is 0 Å². The number of hydrogen-bond acceptors (Lipinski definition) is 3. The third kappa shape index (κ3) is 4.60. The quantitative estimate of drug-likeness (QED) is 0.523. The van der Waals surface area contributed by atoms with Crippen molar-refractivity contribution in [2.24, 2.45) is 11.8 Å². The third-order valence-electron chi connectivity index (χ3n) is 6.52. The molecule has 1 fully saturated rings. The predicted octanol–water partition coefficient (Wildman–Crippen LogP) is 5.32. The summed E-state index contributed by atoms with van der Waals surface area (Å²) in [7, 11) is 0. The van der Waals surface area contributed by atoms with Gasteiger partial charge in [0, 0.05) is 16.6 Å². The molecule has 0 saturated heterocycles. The van der Waals surface area contributed by atoms with Gasteiger partial charge in [-0.2, -0.15) is 0 Å². The average molecular weight is 456 g/mol. The zero-order valence-electron chi connectivity index (χ0n) is 17.7.